The lowest BCUT2D eigenvalue weighted by molar-refractivity contribution is -0.406. The van der Waals surface area contributed by atoms with Crippen LogP contribution in [0.4, 0.5) is 22.0 Å². The van der Waals surface area contributed by atoms with E-state index in [0.717, 1.165) is 19.3 Å². The maximum atomic E-state index is 14.0. The summed E-state index contributed by atoms with van der Waals surface area (Å²) >= 11 is 0. The number of hydrogen-bond donors (Lipinski definition) is 2. The Morgan fingerprint density at radius 3 is 1.55 bits per heavy atom. The third-order valence-corrected chi connectivity index (χ3v) is 5.64. The predicted octanol–water partition coefficient (Wildman–Crippen LogP) is 2.65. The normalized spacial score (nSPS) is 38.4. The van der Waals surface area contributed by atoms with Crippen molar-refractivity contribution in [1.82, 2.24) is 0 Å². The first kappa shape index (κ1) is 16.1. The Morgan fingerprint density at radius 1 is 0.864 bits per heavy atom. The molecule has 4 saturated carbocycles. The molecule has 0 aromatic heterocycles. The molecule has 4 bridgehead atoms. The van der Waals surface area contributed by atoms with Gasteiger partial charge in [-0.1, -0.05) is 0 Å². The van der Waals surface area contributed by atoms with Crippen molar-refractivity contribution in [2.75, 3.05) is 0 Å². The number of aliphatic hydroxyl groups is 2. The van der Waals surface area contributed by atoms with Crippen LogP contribution in [0.15, 0.2) is 0 Å². The standard InChI is InChI=1S/C14H17F5O3/c15-12(16,13(21,22)14(17,18)19)10(20)11-4-7-1-8(5-11)3-9(2-7)6-11/h7-9,21-22H,1-6H2. The van der Waals surface area contributed by atoms with Crippen LogP contribution in [0.5, 0.6) is 0 Å². The van der Waals surface area contributed by atoms with Crippen LogP contribution in [0.2, 0.25) is 0 Å². The van der Waals surface area contributed by atoms with E-state index in [1.807, 2.05) is 0 Å². The molecule has 3 nitrogen and oxygen atoms in total. The maximum absolute atomic E-state index is 14.0. The summed E-state index contributed by atoms with van der Waals surface area (Å²) in [6, 6.07) is 0. The molecule has 0 aliphatic heterocycles. The summed E-state index contributed by atoms with van der Waals surface area (Å²) in [4.78, 5) is 12.2. The van der Waals surface area contributed by atoms with Crippen LogP contribution in [-0.4, -0.2) is 33.9 Å². The van der Waals surface area contributed by atoms with Gasteiger partial charge in [0, 0.05) is 5.41 Å². The molecule has 0 amide bonds. The third kappa shape index (κ3) is 2.02. The first-order chi connectivity index (χ1) is 9.89. The Morgan fingerprint density at radius 2 is 1.23 bits per heavy atom. The van der Waals surface area contributed by atoms with E-state index in [2.05, 4.69) is 0 Å². The second-order valence-corrected chi connectivity index (χ2v) is 7.27. The van der Waals surface area contributed by atoms with E-state index in [9.17, 15) is 26.7 Å². The van der Waals surface area contributed by atoms with E-state index in [4.69, 9.17) is 10.2 Å². The van der Waals surface area contributed by atoms with Gasteiger partial charge < -0.3 is 10.2 Å². The van der Waals surface area contributed by atoms with Gasteiger partial charge in [-0.15, -0.1) is 0 Å². The van der Waals surface area contributed by atoms with Gasteiger partial charge in [0.25, 0.3) is 0 Å². The molecule has 0 heterocycles. The molecule has 0 aromatic carbocycles. The number of carbonyl (C=O) groups is 1. The summed E-state index contributed by atoms with van der Waals surface area (Å²) in [6.07, 6.45) is -3.17. The summed E-state index contributed by atoms with van der Waals surface area (Å²) in [5, 5.41) is 17.8. The van der Waals surface area contributed by atoms with Gasteiger partial charge in [0.2, 0.25) is 5.78 Å². The quantitative estimate of drug-likeness (QED) is 0.619. The fraction of sp³-hybridized carbons (Fsp3) is 0.929. The van der Waals surface area contributed by atoms with Gasteiger partial charge in [0.15, 0.2) is 0 Å². The van der Waals surface area contributed by atoms with Crippen LogP contribution in [0, 0.1) is 23.2 Å². The molecular formula is C14H17F5O3. The van der Waals surface area contributed by atoms with E-state index in [0.29, 0.717) is 0 Å². The van der Waals surface area contributed by atoms with Crippen molar-refractivity contribution in [1.29, 1.82) is 0 Å². The molecule has 4 aliphatic rings. The van der Waals surface area contributed by atoms with Gasteiger partial charge in [0.1, 0.15) is 0 Å². The molecule has 0 saturated heterocycles. The smallest absolute Gasteiger partial charge is 0.354 e. The summed E-state index contributed by atoms with van der Waals surface area (Å²) in [5.41, 5.74) is -1.54. The molecule has 0 unspecified atom stereocenters. The second-order valence-electron chi connectivity index (χ2n) is 7.27. The number of rotatable bonds is 3. The highest BCUT2D eigenvalue weighted by Gasteiger charge is 2.75. The van der Waals surface area contributed by atoms with Crippen LogP contribution in [0.1, 0.15) is 38.5 Å². The minimum Gasteiger partial charge on any atom is -0.354 e. The number of hydrogen-bond acceptors (Lipinski definition) is 3. The average Bonchev–Trinajstić information content (AvgIpc) is 2.34. The lowest BCUT2D eigenvalue weighted by atomic mass is 9.48. The second kappa shape index (κ2) is 4.41. The Balaban J connectivity index is 1.93. The number of carbonyl (C=O) groups excluding carboxylic acids is 1. The molecule has 4 fully saturated rings. The van der Waals surface area contributed by atoms with Crippen LogP contribution in [-0.2, 0) is 4.79 Å². The minimum atomic E-state index is -6.01. The monoisotopic (exact) mass is 328 g/mol. The van der Waals surface area contributed by atoms with E-state index in [1.165, 1.54) is 0 Å². The van der Waals surface area contributed by atoms with Crippen molar-refractivity contribution < 1.29 is 37.0 Å². The summed E-state index contributed by atoms with van der Waals surface area (Å²) < 4.78 is 65.6. The lowest BCUT2D eigenvalue weighted by Gasteiger charge is -2.56. The van der Waals surface area contributed by atoms with Gasteiger partial charge in [-0.25, -0.2) is 0 Å². The largest absolute Gasteiger partial charge is 0.450 e. The van der Waals surface area contributed by atoms with Crippen molar-refractivity contribution in [3.8, 4) is 0 Å². The van der Waals surface area contributed by atoms with E-state index in [-0.39, 0.29) is 37.0 Å². The summed E-state index contributed by atoms with van der Waals surface area (Å²) in [6.45, 7) is 0. The van der Waals surface area contributed by atoms with Crippen molar-refractivity contribution in [3.63, 3.8) is 0 Å². The highest BCUT2D eigenvalue weighted by atomic mass is 19.4. The highest BCUT2D eigenvalue weighted by Crippen LogP contribution is 2.62. The highest BCUT2D eigenvalue weighted by molar-refractivity contribution is 5.92. The van der Waals surface area contributed by atoms with Crippen LogP contribution in [0.3, 0.4) is 0 Å². The average molecular weight is 328 g/mol. The van der Waals surface area contributed by atoms with E-state index >= 15 is 0 Å². The summed E-state index contributed by atoms with van der Waals surface area (Å²) in [5.74, 6) is -12.3. The molecule has 0 atom stereocenters. The number of Topliss-reactive ketones (excluding diaryl/α,β-unsaturated/α-hetero) is 1. The van der Waals surface area contributed by atoms with E-state index in [1.54, 1.807) is 0 Å². The molecule has 8 heteroatoms. The molecule has 0 spiro atoms. The van der Waals surface area contributed by atoms with Crippen LogP contribution < -0.4 is 0 Å². The first-order valence-corrected chi connectivity index (χ1v) is 7.33. The predicted molar refractivity (Wildman–Crippen MR) is 63.8 cm³/mol. The number of alkyl halides is 5. The number of halogens is 5. The van der Waals surface area contributed by atoms with Gasteiger partial charge in [-0.05, 0) is 56.3 Å². The fourth-order valence-electron chi connectivity index (χ4n) is 5.06. The third-order valence-electron chi connectivity index (χ3n) is 5.64. The molecule has 0 aromatic rings. The minimum absolute atomic E-state index is 0.0728. The van der Waals surface area contributed by atoms with Crippen molar-refractivity contribution in [3.05, 3.63) is 0 Å². The zero-order valence-corrected chi connectivity index (χ0v) is 11.7. The van der Waals surface area contributed by atoms with Gasteiger partial charge in [-0.3, -0.25) is 4.79 Å². The molecule has 22 heavy (non-hydrogen) atoms. The number of ketones is 1. The van der Waals surface area contributed by atoms with Crippen molar-refractivity contribution in [2.24, 2.45) is 23.2 Å². The molecule has 4 rings (SSSR count). The summed E-state index contributed by atoms with van der Waals surface area (Å²) in [7, 11) is 0. The fourth-order valence-corrected chi connectivity index (χ4v) is 5.06. The van der Waals surface area contributed by atoms with Crippen molar-refractivity contribution >= 4 is 5.78 Å². The van der Waals surface area contributed by atoms with Crippen LogP contribution >= 0.6 is 0 Å². The molecule has 4 aliphatic carbocycles. The molecule has 2 N–H and O–H groups in total. The Labute approximate surface area is 123 Å². The molecule has 126 valence electrons. The topological polar surface area (TPSA) is 57.5 Å². The Hall–Kier alpha value is -0.760. The molecule has 0 radical (unpaired) electrons. The van der Waals surface area contributed by atoms with Gasteiger partial charge >= 0.3 is 17.9 Å². The SMILES string of the molecule is O=C(C12CC3CC(CC(C3)C1)C2)C(F)(F)C(O)(O)C(F)(F)F. The lowest BCUT2D eigenvalue weighted by Crippen LogP contribution is -2.66. The Bertz CT molecular complexity index is 458. The zero-order valence-electron chi connectivity index (χ0n) is 11.7. The molecular weight excluding hydrogens is 311 g/mol. The first-order valence-electron chi connectivity index (χ1n) is 7.33. The Kier molecular flexibility index (Phi) is 3.23. The van der Waals surface area contributed by atoms with Crippen molar-refractivity contribution in [2.45, 2.75) is 56.4 Å². The van der Waals surface area contributed by atoms with Gasteiger partial charge in [-0.2, -0.15) is 22.0 Å². The van der Waals surface area contributed by atoms with Crippen LogP contribution in [0.25, 0.3) is 0 Å². The maximum Gasteiger partial charge on any atom is 0.450 e. The van der Waals surface area contributed by atoms with Gasteiger partial charge in [0.05, 0.1) is 0 Å². The van der Waals surface area contributed by atoms with E-state index < -0.39 is 29.1 Å². The zero-order chi connectivity index (χ0) is 16.6.